The van der Waals surface area contributed by atoms with Gasteiger partial charge in [-0.05, 0) is 30.9 Å². The van der Waals surface area contributed by atoms with Gasteiger partial charge in [0.25, 0.3) is 0 Å². The third-order valence-electron chi connectivity index (χ3n) is 3.71. The van der Waals surface area contributed by atoms with Crippen molar-refractivity contribution < 1.29 is 9.90 Å². The van der Waals surface area contributed by atoms with Crippen molar-refractivity contribution in [3.63, 3.8) is 0 Å². The molecule has 0 fully saturated rings. The number of aromatic nitrogens is 3. The van der Waals surface area contributed by atoms with Crippen LogP contribution in [0.5, 0.6) is 0 Å². The normalized spacial score (nSPS) is 12.5. The van der Waals surface area contributed by atoms with Crippen LogP contribution in [0.15, 0.2) is 30.5 Å². The molecule has 2 rings (SSSR count). The number of carboxylic acid groups (broad SMARTS) is 1. The molecule has 6 nitrogen and oxygen atoms in total. The molecular formula is C17H24N4O2. The largest absolute Gasteiger partial charge is 0.481 e. The molecule has 1 aromatic carbocycles. The standard InChI is InChI=1S/C17H24N4O2/c1-12(2)8-14(17(22)23)9-18-10-15-11-21(20-19-15)16-7-5-4-6-13(16)3/h4-7,11-12,14,18H,8-10H2,1-3H3,(H,22,23). The van der Waals surface area contributed by atoms with Crippen LogP contribution in [0.3, 0.4) is 0 Å². The molecular weight excluding hydrogens is 292 g/mol. The summed E-state index contributed by atoms with van der Waals surface area (Å²) in [7, 11) is 0. The highest BCUT2D eigenvalue weighted by Gasteiger charge is 2.18. The maximum Gasteiger partial charge on any atom is 0.307 e. The Kier molecular flexibility index (Phi) is 5.87. The predicted molar refractivity (Wildman–Crippen MR) is 88.4 cm³/mol. The van der Waals surface area contributed by atoms with E-state index >= 15 is 0 Å². The summed E-state index contributed by atoms with van der Waals surface area (Å²) < 4.78 is 1.75. The van der Waals surface area contributed by atoms with E-state index in [4.69, 9.17) is 0 Å². The first-order valence-electron chi connectivity index (χ1n) is 7.88. The zero-order chi connectivity index (χ0) is 16.8. The Morgan fingerprint density at radius 3 is 2.74 bits per heavy atom. The van der Waals surface area contributed by atoms with Gasteiger partial charge in [-0.3, -0.25) is 4.79 Å². The minimum atomic E-state index is -0.755. The molecule has 124 valence electrons. The van der Waals surface area contributed by atoms with Crippen molar-refractivity contribution in [3.05, 3.63) is 41.7 Å². The average Bonchev–Trinajstić information content (AvgIpc) is 2.95. The summed E-state index contributed by atoms with van der Waals surface area (Å²) in [6.07, 6.45) is 2.53. The Balaban J connectivity index is 1.92. The molecule has 23 heavy (non-hydrogen) atoms. The maximum atomic E-state index is 11.2. The summed E-state index contributed by atoms with van der Waals surface area (Å²) in [5.41, 5.74) is 2.91. The van der Waals surface area contributed by atoms with Gasteiger partial charge < -0.3 is 10.4 Å². The summed E-state index contributed by atoms with van der Waals surface area (Å²) in [6, 6.07) is 7.97. The van der Waals surface area contributed by atoms with Gasteiger partial charge in [0.05, 0.1) is 23.5 Å². The molecule has 0 radical (unpaired) electrons. The van der Waals surface area contributed by atoms with Gasteiger partial charge in [0.2, 0.25) is 0 Å². The Labute approximate surface area is 136 Å². The minimum absolute atomic E-state index is 0.361. The first kappa shape index (κ1) is 17.1. The highest BCUT2D eigenvalue weighted by Crippen LogP contribution is 2.13. The summed E-state index contributed by atoms with van der Waals surface area (Å²) in [6.45, 7) is 7.03. The second-order valence-corrected chi connectivity index (χ2v) is 6.24. The van der Waals surface area contributed by atoms with Gasteiger partial charge in [-0.2, -0.15) is 0 Å². The minimum Gasteiger partial charge on any atom is -0.481 e. The predicted octanol–water partition coefficient (Wildman–Crippen LogP) is 2.41. The molecule has 0 bridgehead atoms. The van der Waals surface area contributed by atoms with Crippen LogP contribution in [-0.2, 0) is 11.3 Å². The molecule has 0 saturated heterocycles. The molecule has 2 aromatic rings. The zero-order valence-corrected chi connectivity index (χ0v) is 13.9. The van der Waals surface area contributed by atoms with Crippen molar-refractivity contribution in [2.45, 2.75) is 33.7 Å². The van der Waals surface area contributed by atoms with Crippen molar-refractivity contribution in [3.8, 4) is 5.69 Å². The van der Waals surface area contributed by atoms with E-state index < -0.39 is 5.97 Å². The topological polar surface area (TPSA) is 80.0 Å². The molecule has 1 unspecified atom stereocenters. The summed E-state index contributed by atoms with van der Waals surface area (Å²) in [5, 5.41) is 20.7. The Hall–Kier alpha value is -2.21. The first-order chi connectivity index (χ1) is 11.0. The fraction of sp³-hybridized carbons (Fsp3) is 0.471. The molecule has 1 atom stereocenters. The molecule has 0 saturated carbocycles. The highest BCUT2D eigenvalue weighted by atomic mass is 16.4. The van der Waals surface area contributed by atoms with Crippen molar-refractivity contribution >= 4 is 5.97 Å². The number of nitrogens with one attached hydrogen (secondary N) is 1. The van der Waals surface area contributed by atoms with E-state index in [0.29, 0.717) is 25.4 Å². The molecule has 0 spiro atoms. The Morgan fingerprint density at radius 2 is 2.09 bits per heavy atom. The fourth-order valence-electron chi connectivity index (χ4n) is 2.53. The number of aryl methyl sites for hydroxylation is 1. The van der Waals surface area contributed by atoms with Crippen LogP contribution in [0.4, 0.5) is 0 Å². The van der Waals surface area contributed by atoms with Gasteiger partial charge in [0, 0.05) is 13.1 Å². The first-order valence-corrected chi connectivity index (χ1v) is 7.88. The number of aliphatic carboxylic acids is 1. The van der Waals surface area contributed by atoms with E-state index in [0.717, 1.165) is 16.9 Å². The molecule has 0 aliphatic carbocycles. The SMILES string of the molecule is Cc1ccccc1-n1cc(CNCC(CC(C)C)C(=O)O)nn1. The average molecular weight is 316 g/mol. The third-order valence-corrected chi connectivity index (χ3v) is 3.71. The van der Waals surface area contributed by atoms with Gasteiger partial charge in [-0.25, -0.2) is 4.68 Å². The number of rotatable bonds is 8. The Morgan fingerprint density at radius 1 is 1.35 bits per heavy atom. The second kappa shape index (κ2) is 7.87. The van der Waals surface area contributed by atoms with Crippen molar-refractivity contribution in [1.82, 2.24) is 20.3 Å². The Bertz CT molecular complexity index is 652. The van der Waals surface area contributed by atoms with Gasteiger partial charge in [-0.15, -0.1) is 5.10 Å². The van der Waals surface area contributed by atoms with Gasteiger partial charge >= 0.3 is 5.97 Å². The third kappa shape index (κ3) is 4.89. The number of carbonyl (C=O) groups is 1. The number of hydrogen-bond acceptors (Lipinski definition) is 4. The lowest BCUT2D eigenvalue weighted by atomic mass is 9.97. The van der Waals surface area contributed by atoms with Crippen LogP contribution in [0.25, 0.3) is 5.69 Å². The number of carboxylic acids is 1. The van der Waals surface area contributed by atoms with Crippen LogP contribution < -0.4 is 5.32 Å². The van der Waals surface area contributed by atoms with E-state index in [1.807, 2.05) is 51.2 Å². The molecule has 0 amide bonds. The smallest absolute Gasteiger partial charge is 0.307 e. The van der Waals surface area contributed by atoms with Crippen LogP contribution in [-0.4, -0.2) is 32.6 Å². The van der Waals surface area contributed by atoms with E-state index in [1.54, 1.807) is 4.68 Å². The highest BCUT2D eigenvalue weighted by molar-refractivity contribution is 5.70. The lowest BCUT2D eigenvalue weighted by molar-refractivity contribution is -0.142. The van der Waals surface area contributed by atoms with Crippen LogP contribution in [0.2, 0.25) is 0 Å². The molecule has 0 aliphatic heterocycles. The summed E-state index contributed by atoms with van der Waals surface area (Å²) >= 11 is 0. The second-order valence-electron chi connectivity index (χ2n) is 6.24. The van der Waals surface area contributed by atoms with E-state index in [2.05, 4.69) is 15.6 Å². The number of hydrogen-bond donors (Lipinski definition) is 2. The van der Waals surface area contributed by atoms with E-state index in [9.17, 15) is 9.90 Å². The van der Waals surface area contributed by atoms with Gasteiger partial charge in [0.15, 0.2) is 0 Å². The van der Waals surface area contributed by atoms with E-state index in [1.165, 1.54) is 0 Å². The van der Waals surface area contributed by atoms with Crippen LogP contribution in [0, 0.1) is 18.8 Å². The van der Waals surface area contributed by atoms with E-state index in [-0.39, 0.29) is 5.92 Å². The van der Waals surface area contributed by atoms with Crippen molar-refractivity contribution in [2.75, 3.05) is 6.54 Å². The number of benzene rings is 1. The molecule has 0 aliphatic rings. The summed E-state index contributed by atoms with van der Waals surface area (Å²) in [5.74, 6) is -0.768. The lowest BCUT2D eigenvalue weighted by Crippen LogP contribution is -2.29. The summed E-state index contributed by atoms with van der Waals surface area (Å²) in [4.78, 5) is 11.2. The van der Waals surface area contributed by atoms with Crippen molar-refractivity contribution in [2.24, 2.45) is 11.8 Å². The number of nitrogens with zero attached hydrogens (tertiary/aromatic N) is 3. The lowest BCUT2D eigenvalue weighted by Gasteiger charge is -2.14. The molecule has 6 heteroatoms. The monoisotopic (exact) mass is 316 g/mol. The van der Waals surface area contributed by atoms with Crippen LogP contribution in [0.1, 0.15) is 31.5 Å². The maximum absolute atomic E-state index is 11.2. The van der Waals surface area contributed by atoms with Crippen LogP contribution >= 0.6 is 0 Å². The molecule has 1 aromatic heterocycles. The van der Waals surface area contributed by atoms with Gasteiger partial charge in [-0.1, -0.05) is 37.3 Å². The molecule has 2 N–H and O–H groups in total. The van der Waals surface area contributed by atoms with Crippen molar-refractivity contribution in [1.29, 1.82) is 0 Å². The quantitative estimate of drug-likeness (QED) is 0.782. The van der Waals surface area contributed by atoms with Gasteiger partial charge in [0.1, 0.15) is 0 Å². The number of para-hydroxylation sites is 1. The zero-order valence-electron chi connectivity index (χ0n) is 13.9. The molecule has 1 heterocycles. The fourth-order valence-corrected chi connectivity index (χ4v) is 2.53.